The minimum Gasteiger partial charge on any atom is -0.384 e. The van der Waals surface area contributed by atoms with Crippen molar-refractivity contribution in [3.8, 4) is 0 Å². The van der Waals surface area contributed by atoms with Crippen molar-refractivity contribution in [1.29, 1.82) is 0 Å². The number of rotatable bonds is 5. The summed E-state index contributed by atoms with van der Waals surface area (Å²) in [7, 11) is 0. The van der Waals surface area contributed by atoms with E-state index in [0.29, 0.717) is 0 Å². The van der Waals surface area contributed by atoms with E-state index in [1.165, 1.54) is 5.69 Å². The lowest BCUT2D eigenvalue weighted by molar-refractivity contribution is 0.651. The molecular formula is C15H21N5S. The van der Waals surface area contributed by atoms with Crippen LogP contribution in [-0.2, 0) is 0 Å². The quantitative estimate of drug-likeness (QED) is 0.920. The van der Waals surface area contributed by atoms with E-state index < -0.39 is 0 Å². The lowest BCUT2D eigenvalue weighted by Gasteiger charge is -2.35. The van der Waals surface area contributed by atoms with E-state index in [9.17, 15) is 0 Å². The van der Waals surface area contributed by atoms with Gasteiger partial charge in [-0.2, -0.15) is 0 Å². The molecule has 0 unspecified atom stereocenters. The average Bonchev–Trinajstić information content (AvgIpc) is 3.08. The first-order valence-corrected chi connectivity index (χ1v) is 8.33. The Morgan fingerprint density at radius 3 is 2.71 bits per heavy atom. The van der Waals surface area contributed by atoms with Gasteiger partial charge in [-0.25, -0.2) is 4.98 Å². The van der Waals surface area contributed by atoms with Gasteiger partial charge in [0.2, 0.25) is 0 Å². The molecule has 0 aromatic carbocycles. The summed E-state index contributed by atoms with van der Waals surface area (Å²) in [6.45, 7) is 7.21. The highest BCUT2D eigenvalue weighted by molar-refractivity contribution is 7.13. The first kappa shape index (κ1) is 14.1. The molecule has 1 aliphatic rings. The Bertz CT molecular complexity index is 549. The summed E-state index contributed by atoms with van der Waals surface area (Å²) in [4.78, 5) is 13.5. The van der Waals surface area contributed by atoms with Gasteiger partial charge in [-0.3, -0.25) is 4.98 Å². The van der Waals surface area contributed by atoms with Crippen molar-refractivity contribution in [3.63, 3.8) is 0 Å². The fourth-order valence-corrected chi connectivity index (χ4v) is 3.19. The zero-order valence-electron chi connectivity index (χ0n) is 12.3. The number of aromatic nitrogens is 2. The van der Waals surface area contributed by atoms with Crippen LogP contribution in [0.2, 0.25) is 0 Å². The Hall–Kier alpha value is -1.82. The first-order chi connectivity index (χ1) is 10.4. The Morgan fingerprint density at radius 2 is 2.00 bits per heavy atom. The van der Waals surface area contributed by atoms with Gasteiger partial charge in [0.05, 0.1) is 23.8 Å². The van der Waals surface area contributed by atoms with E-state index >= 15 is 0 Å². The second-order valence-corrected chi connectivity index (χ2v) is 6.02. The molecule has 112 valence electrons. The van der Waals surface area contributed by atoms with E-state index in [2.05, 4.69) is 38.1 Å². The van der Waals surface area contributed by atoms with Crippen molar-refractivity contribution in [3.05, 3.63) is 30.0 Å². The van der Waals surface area contributed by atoms with Crippen LogP contribution in [0.15, 0.2) is 30.0 Å². The van der Waals surface area contributed by atoms with Gasteiger partial charge in [-0.15, -0.1) is 11.3 Å². The van der Waals surface area contributed by atoms with E-state index in [1.807, 2.05) is 24.0 Å². The van der Waals surface area contributed by atoms with Crippen LogP contribution in [0.1, 0.15) is 13.3 Å². The van der Waals surface area contributed by atoms with E-state index in [0.717, 1.165) is 50.0 Å². The summed E-state index contributed by atoms with van der Waals surface area (Å²) < 4.78 is 0. The summed E-state index contributed by atoms with van der Waals surface area (Å²) in [6.07, 6.45) is 6.84. The molecule has 0 amide bonds. The van der Waals surface area contributed by atoms with Crippen LogP contribution in [0, 0.1) is 0 Å². The SMILES string of the molecule is CCCNc1cncc(N2CCN(c3nccs3)CC2)c1. The van der Waals surface area contributed by atoms with Crippen molar-refractivity contribution in [1.82, 2.24) is 9.97 Å². The molecule has 1 fully saturated rings. The number of pyridine rings is 1. The van der Waals surface area contributed by atoms with Gasteiger partial charge in [0, 0.05) is 44.3 Å². The van der Waals surface area contributed by atoms with Crippen LogP contribution in [0.5, 0.6) is 0 Å². The summed E-state index contributed by atoms with van der Waals surface area (Å²) in [5.74, 6) is 0. The van der Waals surface area contributed by atoms with Gasteiger partial charge in [0.1, 0.15) is 0 Å². The van der Waals surface area contributed by atoms with Crippen molar-refractivity contribution in [2.45, 2.75) is 13.3 Å². The highest BCUT2D eigenvalue weighted by Gasteiger charge is 2.19. The number of piperazine rings is 1. The maximum atomic E-state index is 4.39. The van der Waals surface area contributed by atoms with Gasteiger partial charge in [0.15, 0.2) is 5.13 Å². The maximum absolute atomic E-state index is 4.39. The number of thiazole rings is 1. The molecular weight excluding hydrogens is 282 g/mol. The minimum atomic E-state index is 0.989. The minimum absolute atomic E-state index is 0.989. The molecule has 0 atom stereocenters. The van der Waals surface area contributed by atoms with Crippen LogP contribution < -0.4 is 15.1 Å². The number of hydrogen-bond donors (Lipinski definition) is 1. The topological polar surface area (TPSA) is 44.3 Å². The standard InChI is InChI=1S/C15H21N5S/c1-2-3-17-13-10-14(12-16-11-13)19-5-7-20(8-6-19)15-18-4-9-21-15/h4,9-12,17H,2-3,5-8H2,1H3. The predicted molar refractivity (Wildman–Crippen MR) is 89.6 cm³/mol. The number of anilines is 3. The molecule has 0 radical (unpaired) electrons. The molecule has 5 nitrogen and oxygen atoms in total. The van der Waals surface area contributed by atoms with Crippen molar-refractivity contribution < 1.29 is 0 Å². The number of nitrogens with zero attached hydrogens (tertiary/aromatic N) is 4. The van der Waals surface area contributed by atoms with Crippen LogP contribution in [0.25, 0.3) is 0 Å². The summed E-state index contributed by atoms with van der Waals surface area (Å²) in [5.41, 5.74) is 2.31. The Kier molecular flexibility index (Phi) is 4.55. The van der Waals surface area contributed by atoms with Gasteiger partial charge in [-0.05, 0) is 12.5 Å². The van der Waals surface area contributed by atoms with Crippen molar-refractivity contribution in [2.75, 3.05) is 47.8 Å². The zero-order valence-corrected chi connectivity index (χ0v) is 13.1. The molecule has 0 bridgehead atoms. The predicted octanol–water partition coefficient (Wildman–Crippen LogP) is 2.69. The fraction of sp³-hybridized carbons (Fsp3) is 0.467. The third-order valence-electron chi connectivity index (χ3n) is 3.64. The molecule has 0 spiro atoms. The fourth-order valence-electron chi connectivity index (χ4n) is 2.49. The molecule has 1 saturated heterocycles. The number of nitrogens with one attached hydrogen (secondary N) is 1. The summed E-state index contributed by atoms with van der Waals surface area (Å²) in [5, 5.41) is 6.56. The van der Waals surface area contributed by atoms with Crippen molar-refractivity contribution >= 4 is 27.8 Å². The number of hydrogen-bond acceptors (Lipinski definition) is 6. The zero-order chi connectivity index (χ0) is 14.5. The van der Waals surface area contributed by atoms with E-state index in [1.54, 1.807) is 11.3 Å². The Balaban J connectivity index is 1.61. The lowest BCUT2D eigenvalue weighted by Crippen LogP contribution is -2.46. The van der Waals surface area contributed by atoms with Gasteiger partial charge in [0.25, 0.3) is 0 Å². The molecule has 3 heterocycles. The smallest absolute Gasteiger partial charge is 0.185 e. The second-order valence-electron chi connectivity index (χ2n) is 5.15. The molecule has 2 aromatic heterocycles. The summed E-state index contributed by atoms with van der Waals surface area (Å²) >= 11 is 1.71. The molecule has 1 aliphatic heterocycles. The average molecular weight is 303 g/mol. The molecule has 0 aliphatic carbocycles. The highest BCUT2D eigenvalue weighted by Crippen LogP contribution is 2.23. The Morgan fingerprint density at radius 1 is 1.19 bits per heavy atom. The van der Waals surface area contributed by atoms with Crippen LogP contribution in [-0.4, -0.2) is 42.7 Å². The van der Waals surface area contributed by atoms with E-state index in [-0.39, 0.29) is 0 Å². The van der Waals surface area contributed by atoms with Crippen LogP contribution >= 0.6 is 11.3 Å². The van der Waals surface area contributed by atoms with Gasteiger partial charge in [-0.1, -0.05) is 6.92 Å². The molecule has 3 rings (SSSR count). The van der Waals surface area contributed by atoms with Crippen LogP contribution in [0.3, 0.4) is 0 Å². The monoisotopic (exact) mass is 303 g/mol. The molecule has 2 aromatic rings. The third kappa shape index (κ3) is 3.44. The molecule has 1 N–H and O–H groups in total. The normalized spacial score (nSPS) is 15.3. The van der Waals surface area contributed by atoms with Gasteiger partial charge >= 0.3 is 0 Å². The highest BCUT2D eigenvalue weighted by atomic mass is 32.1. The molecule has 0 saturated carbocycles. The lowest BCUT2D eigenvalue weighted by atomic mass is 10.2. The molecule has 21 heavy (non-hydrogen) atoms. The van der Waals surface area contributed by atoms with Crippen molar-refractivity contribution in [2.24, 2.45) is 0 Å². The second kappa shape index (κ2) is 6.76. The van der Waals surface area contributed by atoms with Gasteiger partial charge < -0.3 is 15.1 Å². The largest absolute Gasteiger partial charge is 0.384 e. The van der Waals surface area contributed by atoms with Crippen LogP contribution in [0.4, 0.5) is 16.5 Å². The molecule has 6 heteroatoms. The third-order valence-corrected chi connectivity index (χ3v) is 4.47. The first-order valence-electron chi connectivity index (χ1n) is 7.45. The Labute approximate surface area is 129 Å². The summed E-state index contributed by atoms with van der Waals surface area (Å²) in [6, 6.07) is 2.20. The van der Waals surface area contributed by atoms with E-state index in [4.69, 9.17) is 0 Å². The maximum Gasteiger partial charge on any atom is 0.185 e.